The largest absolute Gasteiger partial charge is 0.485 e. The SMILES string of the molecule is COC(=O)NC(=O)C[NH+]1CCN(C(=O)[C@@H]2COc3ccccc3O2)CC1. The summed E-state index contributed by atoms with van der Waals surface area (Å²) in [7, 11) is 1.20. The molecule has 9 nitrogen and oxygen atoms in total. The van der Waals surface area contributed by atoms with E-state index in [0.717, 1.165) is 4.90 Å². The summed E-state index contributed by atoms with van der Waals surface area (Å²) >= 11 is 0. The van der Waals surface area contributed by atoms with Gasteiger partial charge in [0.2, 0.25) is 6.10 Å². The van der Waals surface area contributed by atoms with Crippen molar-refractivity contribution in [3.05, 3.63) is 24.3 Å². The Morgan fingerprint density at radius 2 is 1.92 bits per heavy atom. The monoisotopic (exact) mass is 364 g/mol. The first-order chi connectivity index (χ1) is 12.6. The first-order valence-electron chi connectivity index (χ1n) is 8.45. The first kappa shape index (κ1) is 18.0. The highest BCUT2D eigenvalue weighted by atomic mass is 16.6. The maximum absolute atomic E-state index is 12.6. The van der Waals surface area contributed by atoms with Crippen molar-refractivity contribution in [1.29, 1.82) is 0 Å². The van der Waals surface area contributed by atoms with Crippen LogP contribution in [0, 0.1) is 0 Å². The molecule has 0 radical (unpaired) electrons. The molecule has 2 aliphatic heterocycles. The minimum Gasteiger partial charge on any atom is -0.485 e. The van der Waals surface area contributed by atoms with Gasteiger partial charge in [-0.25, -0.2) is 4.79 Å². The van der Waals surface area contributed by atoms with Crippen LogP contribution in [0.3, 0.4) is 0 Å². The number of benzene rings is 1. The molecule has 3 rings (SSSR count). The fraction of sp³-hybridized carbons (Fsp3) is 0.471. The van der Waals surface area contributed by atoms with Crippen molar-refractivity contribution in [2.45, 2.75) is 6.10 Å². The van der Waals surface area contributed by atoms with Crippen molar-refractivity contribution >= 4 is 17.9 Å². The molecule has 26 heavy (non-hydrogen) atoms. The number of methoxy groups -OCH3 is 1. The molecule has 1 aromatic rings. The van der Waals surface area contributed by atoms with Gasteiger partial charge in [-0.15, -0.1) is 0 Å². The second kappa shape index (κ2) is 8.05. The minimum absolute atomic E-state index is 0.113. The number of rotatable bonds is 3. The normalized spacial score (nSPS) is 19.6. The Labute approximate surface area is 150 Å². The van der Waals surface area contributed by atoms with Crippen molar-refractivity contribution in [2.75, 3.05) is 46.4 Å². The van der Waals surface area contributed by atoms with Gasteiger partial charge in [-0.05, 0) is 12.1 Å². The lowest BCUT2D eigenvalue weighted by molar-refractivity contribution is -0.896. The predicted molar refractivity (Wildman–Crippen MR) is 89.0 cm³/mol. The Bertz CT molecular complexity index is 687. The number of hydrogen-bond acceptors (Lipinski definition) is 6. The van der Waals surface area contributed by atoms with E-state index in [4.69, 9.17) is 9.47 Å². The average Bonchev–Trinajstić information content (AvgIpc) is 2.67. The molecule has 1 fully saturated rings. The lowest BCUT2D eigenvalue weighted by Crippen LogP contribution is -3.16. The van der Waals surface area contributed by atoms with Crippen LogP contribution in [0.25, 0.3) is 0 Å². The minimum atomic E-state index is -0.766. The fourth-order valence-corrected chi connectivity index (χ4v) is 3.00. The summed E-state index contributed by atoms with van der Waals surface area (Å²) in [6.45, 7) is 2.61. The summed E-state index contributed by atoms with van der Waals surface area (Å²) < 4.78 is 15.7. The zero-order chi connectivity index (χ0) is 18.5. The molecule has 2 N–H and O–H groups in total. The predicted octanol–water partition coefficient (Wildman–Crippen LogP) is -1.56. The standard InChI is InChI=1S/C17H21N3O6/c1-24-17(23)18-15(21)10-19-6-8-20(9-7-19)16(22)14-11-25-12-4-2-3-5-13(12)26-14/h2-5,14H,6-11H2,1H3,(H,18,21,23)/p+1/t14-/m0/s1. The van der Waals surface area contributed by atoms with E-state index in [1.54, 1.807) is 17.0 Å². The van der Waals surface area contributed by atoms with Crippen molar-refractivity contribution in [2.24, 2.45) is 0 Å². The lowest BCUT2D eigenvalue weighted by Gasteiger charge is -2.35. The summed E-state index contributed by atoms with van der Waals surface area (Å²) in [6, 6.07) is 7.26. The van der Waals surface area contributed by atoms with Crippen LogP contribution in [0.2, 0.25) is 0 Å². The Morgan fingerprint density at radius 3 is 2.62 bits per heavy atom. The van der Waals surface area contributed by atoms with Gasteiger partial charge in [0, 0.05) is 0 Å². The zero-order valence-corrected chi connectivity index (χ0v) is 14.5. The summed E-state index contributed by atoms with van der Waals surface area (Å²) in [6.07, 6.45) is -1.42. The molecular formula is C17H22N3O6+. The van der Waals surface area contributed by atoms with Crippen LogP contribution in [0.4, 0.5) is 4.79 Å². The van der Waals surface area contributed by atoms with E-state index < -0.39 is 18.1 Å². The third-order valence-electron chi connectivity index (χ3n) is 4.40. The number of carbonyl (C=O) groups is 3. The number of para-hydroxylation sites is 2. The molecule has 2 heterocycles. The highest BCUT2D eigenvalue weighted by Crippen LogP contribution is 2.31. The molecule has 0 aliphatic carbocycles. The van der Waals surface area contributed by atoms with Gasteiger partial charge in [0.15, 0.2) is 18.0 Å². The van der Waals surface area contributed by atoms with E-state index in [1.165, 1.54) is 7.11 Å². The number of imide groups is 1. The Kier molecular flexibility index (Phi) is 5.57. The number of piperazine rings is 1. The molecule has 2 aliphatic rings. The van der Waals surface area contributed by atoms with E-state index in [2.05, 4.69) is 10.1 Å². The molecule has 0 aromatic heterocycles. The van der Waals surface area contributed by atoms with Gasteiger partial charge in [0.05, 0.1) is 33.3 Å². The quantitative estimate of drug-likeness (QED) is 0.673. The van der Waals surface area contributed by atoms with Gasteiger partial charge >= 0.3 is 6.09 Å². The van der Waals surface area contributed by atoms with Crippen molar-refractivity contribution in [3.8, 4) is 11.5 Å². The smallest absolute Gasteiger partial charge is 0.413 e. The number of quaternary nitrogens is 1. The molecule has 0 bridgehead atoms. The summed E-state index contributed by atoms with van der Waals surface area (Å²) in [5, 5.41) is 2.13. The molecule has 0 unspecified atom stereocenters. The van der Waals surface area contributed by atoms with Gasteiger partial charge in [-0.3, -0.25) is 14.9 Å². The van der Waals surface area contributed by atoms with Gasteiger partial charge in [0.1, 0.15) is 6.61 Å². The Balaban J connectivity index is 1.47. The second-order valence-electron chi connectivity index (χ2n) is 6.16. The lowest BCUT2D eigenvalue weighted by atomic mass is 10.2. The topological polar surface area (TPSA) is 98.6 Å². The molecule has 140 valence electrons. The summed E-state index contributed by atoms with van der Waals surface area (Å²) in [5.41, 5.74) is 0. The summed E-state index contributed by atoms with van der Waals surface area (Å²) in [4.78, 5) is 38.1. The number of nitrogens with one attached hydrogen (secondary N) is 2. The third kappa shape index (κ3) is 4.23. The molecule has 0 saturated carbocycles. The Hall–Kier alpha value is -2.81. The highest BCUT2D eigenvalue weighted by molar-refractivity contribution is 5.92. The second-order valence-corrected chi connectivity index (χ2v) is 6.16. The number of nitrogens with zero attached hydrogens (tertiary/aromatic N) is 1. The molecule has 1 saturated heterocycles. The summed E-state index contributed by atoms with van der Waals surface area (Å²) in [5.74, 6) is 0.702. The van der Waals surface area contributed by atoms with E-state index in [-0.39, 0.29) is 19.1 Å². The van der Waals surface area contributed by atoms with Gasteiger partial charge in [0.25, 0.3) is 11.8 Å². The Morgan fingerprint density at radius 1 is 1.23 bits per heavy atom. The number of ether oxygens (including phenoxy) is 3. The van der Waals surface area contributed by atoms with E-state index >= 15 is 0 Å². The molecular weight excluding hydrogens is 342 g/mol. The number of fused-ring (bicyclic) bond motifs is 1. The van der Waals surface area contributed by atoms with E-state index in [0.29, 0.717) is 37.7 Å². The maximum atomic E-state index is 12.6. The van der Waals surface area contributed by atoms with E-state index in [9.17, 15) is 14.4 Å². The van der Waals surface area contributed by atoms with Crippen molar-refractivity contribution < 1.29 is 33.5 Å². The number of hydrogen-bond donors (Lipinski definition) is 2. The maximum Gasteiger partial charge on any atom is 0.413 e. The highest BCUT2D eigenvalue weighted by Gasteiger charge is 2.34. The molecule has 0 spiro atoms. The molecule has 3 amide bonds. The molecule has 1 atom stereocenters. The van der Waals surface area contributed by atoms with Crippen LogP contribution in [0.1, 0.15) is 0 Å². The van der Waals surface area contributed by atoms with Crippen LogP contribution >= 0.6 is 0 Å². The van der Waals surface area contributed by atoms with Gasteiger partial charge in [-0.2, -0.15) is 0 Å². The molecule has 9 heteroatoms. The molecule has 1 aromatic carbocycles. The van der Waals surface area contributed by atoms with Crippen LogP contribution < -0.4 is 19.7 Å². The number of alkyl carbamates (subject to hydrolysis) is 1. The van der Waals surface area contributed by atoms with Crippen LogP contribution in [0.15, 0.2) is 24.3 Å². The zero-order valence-electron chi connectivity index (χ0n) is 14.5. The first-order valence-corrected chi connectivity index (χ1v) is 8.45. The van der Waals surface area contributed by atoms with Crippen LogP contribution in [-0.2, 0) is 14.3 Å². The van der Waals surface area contributed by atoms with Crippen molar-refractivity contribution in [3.63, 3.8) is 0 Å². The van der Waals surface area contributed by atoms with Gasteiger partial charge < -0.3 is 24.0 Å². The number of carbonyl (C=O) groups excluding carboxylic acids is 3. The van der Waals surface area contributed by atoms with E-state index in [1.807, 2.05) is 12.1 Å². The van der Waals surface area contributed by atoms with Gasteiger partial charge in [-0.1, -0.05) is 12.1 Å². The number of amides is 3. The third-order valence-corrected chi connectivity index (χ3v) is 4.40. The van der Waals surface area contributed by atoms with Crippen molar-refractivity contribution in [1.82, 2.24) is 10.2 Å². The van der Waals surface area contributed by atoms with Crippen LogP contribution in [0.5, 0.6) is 11.5 Å². The van der Waals surface area contributed by atoms with Crippen LogP contribution in [-0.4, -0.2) is 75.4 Å². The fourth-order valence-electron chi connectivity index (χ4n) is 3.00. The average molecular weight is 364 g/mol.